The molecule has 0 aromatic carbocycles. The van der Waals surface area contributed by atoms with Crippen LogP contribution in [0.1, 0.15) is 46.5 Å². The van der Waals surface area contributed by atoms with Gasteiger partial charge in [-0.3, -0.25) is 4.90 Å². The molecule has 18 heavy (non-hydrogen) atoms. The SMILES string of the molecule is CC1CN(C)CCCN1C1(CN)CCCC1(C)C. The number of hydrogen-bond donors (Lipinski definition) is 1. The zero-order valence-corrected chi connectivity index (χ0v) is 12.7. The van der Waals surface area contributed by atoms with Crippen LogP contribution in [0.15, 0.2) is 0 Å². The van der Waals surface area contributed by atoms with Gasteiger partial charge in [-0.25, -0.2) is 0 Å². The predicted molar refractivity (Wildman–Crippen MR) is 77.7 cm³/mol. The van der Waals surface area contributed by atoms with Crippen molar-refractivity contribution >= 4 is 0 Å². The third-order valence-electron chi connectivity index (χ3n) is 5.59. The van der Waals surface area contributed by atoms with E-state index in [1.807, 2.05) is 0 Å². The van der Waals surface area contributed by atoms with Gasteiger partial charge >= 0.3 is 0 Å². The fourth-order valence-electron chi connectivity index (χ4n) is 4.43. The van der Waals surface area contributed by atoms with Crippen molar-refractivity contribution in [1.82, 2.24) is 9.80 Å². The molecule has 1 aliphatic carbocycles. The molecular formula is C15H31N3. The molecule has 1 saturated carbocycles. The van der Waals surface area contributed by atoms with Crippen LogP contribution in [0.2, 0.25) is 0 Å². The predicted octanol–water partition coefficient (Wildman–Crippen LogP) is 1.92. The molecule has 2 atom stereocenters. The largest absolute Gasteiger partial charge is 0.329 e. The number of nitrogens with zero attached hydrogens (tertiary/aromatic N) is 2. The second kappa shape index (κ2) is 5.10. The lowest BCUT2D eigenvalue weighted by Crippen LogP contribution is -2.63. The first kappa shape index (κ1) is 14.3. The Balaban J connectivity index is 2.26. The van der Waals surface area contributed by atoms with E-state index in [4.69, 9.17) is 5.73 Å². The smallest absolute Gasteiger partial charge is 0.0385 e. The van der Waals surface area contributed by atoms with E-state index in [0.717, 1.165) is 6.54 Å². The van der Waals surface area contributed by atoms with Gasteiger partial charge in [0.2, 0.25) is 0 Å². The first-order valence-corrected chi connectivity index (χ1v) is 7.58. The summed E-state index contributed by atoms with van der Waals surface area (Å²) in [5.41, 5.74) is 6.86. The molecule has 106 valence electrons. The highest BCUT2D eigenvalue weighted by atomic mass is 15.3. The van der Waals surface area contributed by atoms with Crippen molar-refractivity contribution < 1.29 is 0 Å². The average Bonchev–Trinajstić information content (AvgIpc) is 2.49. The first-order chi connectivity index (χ1) is 8.43. The van der Waals surface area contributed by atoms with E-state index >= 15 is 0 Å². The minimum atomic E-state index is 0.234. The molecule has 0 amide bonds. The Morgan fingerprint density at radius 1 is 1.17 bits per heavy atom. The van der Waals surface area contributed by atoms with Crippen LogP contribution in [0.25, 0.3) is 0 Å². The molecule has 0 bridgehead atoms. The monoisotopic (exact) mass is 253 g/mol. The molecule has 1 heterocycles. The fraction of sp³-hybridized carbons (Fsp3) is 1.00. The average molecular weight is 253 g/mol. The van der Waals surface area contributed by atoms with Gasteiger partial charge in [0, 0.05) is 31.2 Å². The highest BCUT2D eigenvalue weighted by Gasteiger charge is 2.52. The molecule has 2 unspecified atom stereocenters. The summed E-state index contributed by atoms with van der Waals surface area (Å²) >= 11 is 0. The van der Waals surface area contributed by atoms with Crippen molar-refractivity contribution in [2.24, 2.45) is 11.1 Å². The Bertz CT molecular complexity index is 289. The summed E-state index contributed by atoms with van der Waals surface area (Å²) in [5, 5.41) is 0. The molecule has 1 saturated heterocycles. The normalized spacial score (nSPS) is 38.8. The maximum atomic E-state index is 6.27. The van der Waals surface area contributed by atoms with Gasteiger partial charge in [0.1, 0.15) is 0 Å². The Kier molecular flexibility index (Phi) is 4.05. The number of nitrogens with two attached hydrogens (primary N) is 1. The lowest BCUT2D eigenvalue weighted by molar-refractivity contribution is -0.0122. The molecule has 2 rings (SSSR count). The molecule has 3 nitrogen and oxygen atoms in total. The Hall–Kier alpha value is -0.120. The molecule has 2 N–H and O–H groups in total. The van der Waals surface area contributed by atoms with Gasteiger partial charge in [-0.1, -0.05) is 20.3 Å². The van der Waals surface area contributed by atoms with Crippen molar-refractivity contribution in [1.29, 1.82) is 0 Å². The maximum Gasteiger partial charge on any atom is 0.0385 e. The van der Waals surface area contributed by atoms with E-state index in [-0.39, 0.29) is 5.54 Å². The zero-order valence-electron chi connectivity index (χ0n) is 12.7. The van der Waals surface area contributed by atoms with Crippen molar-refractivity contribution in [3.8, 4) is 0 Å². The molecule has 0 radical (unpaired) electrons. The molecule has 0 aromatic heterocycles. The number of rotatable bonds is 2. The quantitative estimate of drug-likeness (QED) is 0.816. The van der Waals surface area contributed by atoms with Crippen molar-refractivity contribution in [3.63, 3.8) is 0 Å². The van der Waals surface area contributed by atoms with E-state index in [9.17, 15) is 0 Å². The van der Waals surface area contributed by atoms with Crippen LogP contribution in [0, 0.1) is 5.41 Å². The number of hydrogen-bond acceptors (Lipinski definition) is 3. The van der Waals surface area contributed by atoms with Gasteiger partial charge in [0.25, 0.3) is 0 Å². The Morgan fingerprint density at radius 2 is 1.89 bits per heavy atom. The summed E-state index contributed by atoms with van der Waals surface area (Å²) in [4.78, 5) is 5.22. The molecular weight excluding hydrogens is 222 g/mol. The van der Waals surface area contributed by atoms with Crippen molar-refractivity contribution in [3.05, 3.63) is 0 Å². The third-order valence-corrected chi connectivity index (χ3v) is 5.59. The summed E-state index contributed by atoms with van der Waals surface area (Å²) in [5.74, 6) is 0. The highest BCUT2D eigenvalue weighted by molar-refractivity contribution is 5.08. The molecule has 2 fully saturated rings. The van der Waals surface area contributed by atoms with Crippen LogP contribution < -0.4 is 5.73 Å². The van der Waals surface area contributed by atoms with Gasteiger partial charge in [-0.2, -0.15) is 0 Å². The summed E-state index contributed by atoms with van der Waals surface area (Å²) < 4.78 is 0. The van der Waals surface area contributed by atoms with Crippen LogP contribution in [0.5, 0.6) is 0 Å². The minimum Gasteiger partial charge on any atom is -0.329 e. The van der Waals surface area contributed by atoms with E-state index < -0.39 is 0 Å². The topological polar surface area (TPSA) is 32.5 Å². The fourth-order valence-corrected chi connectivity index (χ4v) is 4.43. The van der Waals surface area contributed by atoms with Crippen LogP contribution in [0.3, 0.4) is 0 Å². The maximum absolute atomic E-state index is 6.27. The van der Waals surface area contributed by atoms with E-state index in [1.54, 1.807) is 0 Å². The van der Waals surface area contributed by atoms with E-state index in [2.05, 4.69) is 37.6 Å². The Labute approximate surface area is 113 Å². The zero-order chi connectivity index (χ0) is 13.4. The molecule has 0 spiro atoms. The highest BCUT2D eigenvalue weighted by Crippen LogP contribution is 2.50. The molecule has 1 aliphatic heterocycles. The first-order valence-electron chi connectivity index (χ1n) is 7.58. The lowest BCUT2D eigenvalue weighted by atomic mass is 9.73. The standard InChI is InChI=1S/C15H31N3/c1-13-11-17(4)9-6-10-18(13)15(12-16)8-5-7-14(15,2)3/h13H,5-12,16H2,1-4H3. The minimum absolute atomic E-state index is 0.234. The molecule has 3 heteroatoms. The van der Waals surface area contributed by atoms with Crippen LogP contribution >= 0.6 is 0 Å². The van der Waals surface area contributed by atoms with Gasteiger partial charge in [-0.15, -0.1) is 0 Å². The molecule has 2 aliphatic rings. The summed E-state index contributed by atoms with van der Waals surface area (Å²) in [7, 11) is 2.24. The third kappa shape index (κ3) is 2.21. The summed E-state index contributed by atoms with van der Waals surface area (Å²) in [6, 6.07) is 0.624. The van der Waals surface area contributed by atoms with Gasteiger partial charge in [0.15, 0.2) is 0 Å². The summed E-state index contributed by atoms with van der Waals surface area (Å²) in [6.45, 7) is 11.7. The van der Waals surface area contributed by atoms with Crippen molar-refractivity contribution in [2.45, 2.75) is 58.0 Å². The van der Waals surface area contributed by atoms with Gasteiger partial charge in [0.05, 0.1) is 0 Å². The second-order valence-electron chi connectivity index (χ2n) is 7.13. The van der Waals surface area contributed by atoms with Crippen LogP contribution in [-0.2, 0) is 0 Å². The van der Waals surface area contributed by atoms with Crippen LogP contribution in [0.4, 0.5) is 0 Å². The van der Waals surface area contributed by atoms with Gasteiger partial charge in [-0.05, 0) is 45.2 Å². The number of likely N-dealkylation sites (N-methyl/N-ethyl adjacent to an activating group) is 1. The van der Waals surface area contributed by atoms with Crippen LogP contribution in [-0.4, -0.2) is 54.6 Å². The second-order valence-corrected chi connectivity index (χ2v) is 7.13. The molecule has 0 aromatic rings. The Morgan fingerprint density at radius 3 is 2.44 bits per heavy atom. The summed E-state index contributed by atoms with van der Waals surface area (Å²) in [6.07, 6.45) is 5.22. The van der Waals surface area contributed by atoms with Gasteiger partial charge < -0.3 is 10.6 Å². The van der Waals surface area contributed by atoms with E-state index in [1.165, 1.54) is 45.3 Å². The van der Waals surface area contributed by atoms with E-state index in [0.29, 0.717) is 11.5 Å². The lowest BCUT2D eigenvalue weighted by Gasteiger charge is -2.51. The van der Waals surface area contributed by atoms with Crippen molar-refractivity contribution in [2.75, 3.05) is 33.2 Å².